The quantitative estimate of drug-likeness (QED) is 0.438. The van der Waals surface area contributed by atoms with Crippen LogP contribution in [0, 0.1) is 20.2 Å². The Morgan fingerprint density at radius 2 is 1.61 bits per heavy atom. The highest BCUT2D eigenvalue weighted by Gasteiger charge is 2.48. The highest BCUT2D eigenvalue weighted by Crippen LogP contribution is 2.35. The Bertz CT molecular complexity index is 700. The van der Waals surface area contributed by atoms with Crippen molar-refractivity contribution in [2.24, 2.45) is 0 Å². The van der Waals surface area contributed by atoms with Gasteiger partial charge in [-0.05, 0) is 6.07 Å². The smallest absolute Gasteiger partial charge is 0.317 e. The first-order valence-corrected chi connectivity index (χ1v) is 8.20. The zero-order valence-corrected chi connectivity index (χ0v) is 15.8. The Morgan fingerprint density at radius 3 is 2.11 bits per heavy atom. The van der Waals surface area contributed by atoms with Crippen LogP contribution in [0.2, 0.25) is 0 Å². The summed E-state index contributed by atoms with van der Waals surface area (Å²) in [6.45, 7) is 0.150. The van der Waals surface area contributed by atoms with Crippen LogP contribution < -0.4 is 4.74 Å². The summed E-state index contributed by atoms with van der Waals surface area (Å²) < 4.78 is 33.0. The second-order valence-corrected chi connectivity index (χ2v) is 5.88. The number of nitrogens with zero attached hydrogens (tertiary/aromatic N) is 2. The van der Waals surface area contributed by atoms with Crippen LogP contribution in [-0.4, -0.2) is 75.6 Å². The number of nitro benzene ring substituents is 2. The van der Waals surface area contributed by atoms with Crippen molar-refractivity contribution in [3.05, 3.63) is 38.4 Å². The lowest BCUT2D eigenvalue weighted by Gasteiger charge is -2.44. The maximum absolute atomic E-state index is 11.3. The summed E-state index contributed by atoms with van der Waals surface area (Å²) in [6.07, 6.45) is -3.67. The molecule has 12 heteroatoms. The molecular weight excluding hydrogens is 380 g/mol. The van der Waals surface area contributed by atoms with Gasteiger partial charge in [0.05, 0.1) is 22.5 Å². The predicted octanol–water partition coefficient (Wildman–Crippen LogP) is 1.30. The molecule has 1 aromatic carbocycles. The standard InChI is InChI=1S/C16H22N2O10/c1-23-8-12-13(24-2)14(25-3)15(26-4)16(28-12)27-11-6-5-9(17(19)20)7-10(11)18(21)22/h5-7,12-16H,8H2,1-4H3/t12-,13-,14+,15-,16-/m1/s1. The van der Waals surface area contributed by atoms with Crippen molar-refractivity contribution < 1.29 is 38.3 Å². The van der Waals surface area contributed by atoms with Crippen LogP contribution in [0.4, 0.5) is 11.4 Å². The largest absolute Gasteiger partial charge is 0.455 e. The first kappa shape index (κ1) is 21.9. The molecule has 5 atom stereocenters. The molecule has 0 aromatic heterocycles. The third-order valence-electron chi connectivity index (χ3n) is 4.33. The monoisotopic (exact) mass is 402 g/mol. The van der Waals surface area contributed by atoms with E-state index in [1.54, 1.807) is 0 Å². The van der Waals surface area contributed by atoms with E-state index in [2.05, 4.69) is 0 Å². The molecule has 1 aliphatic heterocycles. The van der Waals surface area contributed by atoms with Gasteiger partial charge in [0.2, 0.25) is 12.0 Å². The summed E-state index contributed by atoms with van der Waals surface area (Å²) in [4.78, 5) is 20.7. The fourth-order valence-corrected chi connectivity index (χ4v) is 3.06. The van der Waals surface area contributed by atoms with Crippen molar-refractivity contribution in [2.45, 2.75) is 30.7 Å². The summed E-state index contributed by atoms with van der Waals surface area (Å²) in [5, 5.41) is 22.2. The number of hydrogen-bond donors (Lipinski definition) is 0. The number of non-ortho nitro benzene ring substituents is 1. The number of nitro groups is 2. The lowest BCUT2D eigenvalue weighted by atomic mass is 9.98. The van der Waals surface area contributed by atoms with Gasteiger partial charge in [0.25, 0.3) is 5.69 Å². The number of rotatable bonds is 9. The normalized spacial score (nSPS) is 27.4. The van der Waals surface area contributed by atoms with Gasteiger partial charge in [-0.2, -0.15) is 0 Å². The molecule has 1 aromatic rings. The van der Waals surface area contributed by atoms with E-state index < -0.39 is 51.9 Å². The number of hydrogen-bond acceptors (Lipinski definition) is 10. The van der Waals surface area contributed by atoms with E-state index in [0.29, 0.717) is 0 Å². The second kappa shape index (κ2) is 9.71. The predicted molar refractivity (Wildman–Crippen MR) is 93.3 cm³/mol. The summed E-state index contributed by atoms with van der Waals surface area (Å²) in [6, 6.07) is 3.06. The average Bonchev–Trinajstić information content (AvgIpc) is 2.67. The SMILES string of the molecule is COC[C@H]1O[C@@H](Oc2ccc([N+](=O)[O-])cc2[N+](=O)[O-])[C@H](OC)[C@@H](OC)[C@@H]1OC. The van der Waals surface area contributed by atoms with Crippen LogP contribution in [0.1, 0.15) is 0 Å². The molecule has 0 N–H and O–H groups in total. The Labute approximate surface area is 160 Å². The van der Waals surface area contributed by atoms with Gasteiger partial charge in [-0.25, -0.2) is 0 Å². The van der Waals surface area contributed by atoms with Crippen LogP contribution >= 0.6 is 0 Å². The molecule has 28 heavy (non-hydrogen) atoms. The van der Waals surface area contributed by atoms with Crippen molar-refractivity contribution in [1.29, 1.82) is 0 Å². The average molecular weight is 402 g/mol. The Hall–Kier alpha value is -2.38. The van der Waals surface area contributed by atoms with Gasteiger partial charge in [0.15, 0.2) is 0 Å². The lowest BCUT2D eigenvalue weighted by Crippen LogP contribution is -2.62. The van der Waals surface area contributed by atoms with Gasteiger partial charge in [0, 0.05) is 34.5 Å². The molecular formula is C16H22N2O10. The molecule has 0 amide bonds. The van der Waals surface area contributed by atoms with Crippen LogP contribution in [0.15, 0.2) is 18.2 Å². The molecule has 0 spiro atoms. The van der Waals surface area contributed by atoms with Gasteiger partial charge in [-0.3, -0.25) is 20.2 Å². The van der Waals surface area contributed by atoms with E-state index in [0.717, 1.165) is 18.2 Å². The van der Waals surface area contributed by atoms with E-state index in [1.165, 1.54) is 28.4 Å². The van der Waals surface area contributed by atoms with Crippen molar-refractivity contribution in [2.75, 3.05) is 35.0 Å². The molecule has 0 radical (unpaired) electrons. The molecule has 0 bridgehead atoms. The third kappa shape index (κ3) is 4.54. The minimum absolute atomic E-state index is 0.150. The minimum atomic E-state index is -1.11. The first-order chi connectivity index (χ1) is 13.4. The molecule has 1 saturated heterocycles. The molecule has 1 heterocycles. The molecule has 2 rings (SSSR count). The number of benzene rings is 1. The molecule has 1 aliphatic rings. The second-order valence-electron chi connectivity index (χ2n) is 5.88. The summed E-state index contributed by atoms with van der Waals surface area (Å²) >= 11 is 0. The van der Waals surface area contributed by atoms with Crippen LogP contribution in [-0.2, 0) is 23.7 Å². The van der Waals surface area contributed by atoms with Gasteiger partial charge in [-0.15, -0.1) is 0 Å². The molecule has 0 unspecified atom stereocenters. The fraction of sp³-hybridized carbons (Fsp3) is 0.625. The number of methoxy groups -OCH3 is 4. The van der Waals surface area contributed by atoms with E-state index in [-0.39, 0.29) is 12.4 Å². The molecule has 1 fully saturated rings. The summed E-state index contributed by atoms with van der Waals surface area (Å²) in [7, 11) is 5.84. The van der Waals surface area contributed by atoms with E-state index >= 15 is 0 Å². The number of ether oxygens (including phenoxy) is 6. The van der Waals surface area contributed by atoms with E-state index in [1.807, 2.05) is 0 Å². The summed E-state index contributed by atoms with van der Waals surface area (Å²) in [5.41, 5.74) is -1.00. The zero-order chi connectivity index (χ0) is 20.8. The van der Waals surface area contributed by atoms with Crippen LogP contribution in [0.5, 0.6) is 5.75 Å². The van der Waals surface area contributed by atoms with Crippen molar-refractivity contribution in [1.82, 2.24) is 0 Å². The highest BCUT2D eigenvalue weighted by molar-refractivity contribution is 5.53. The van der Waals surface area contributed by atoms with Gasteiger partial charge < -0.3 is 28.4 Å². The van der Waals surface area contributed by atoms with Crippen LogP contribution in [0.3, 0.4) is 0 Å². The highest BCUT2D eigenvalue weighted by atomic mass is 16.7. The molecule has 0 aliphatic carbocycles. The minimum Gasteiger partial charge on any atom is -0.455 e. The third-order valence-corrected chi connectivity index (χ3v) is 4.33. The van der Waals surface area contributed by atoms with Gasteiger partial charge in [0.1, 0.15) is 24.4 Å². The van der Waals surface area contributed by atoms with Crippen molar-refractivity contribution in [3.63, 3.8) is 0 Å². The Morgan fingerprint density at radius 1 is 0.964 bits per heavy atom. The van der Waals surface area contributed by atoms with E-state index in [9.17, 15) is 20.2 Å². The van der Waals surface area contributed by atoms with Gasteiger partial charge >= 0.3 is 5.69 Å². The first-order valence-electron chi connectivity index (χ1n) is 8.20. The zero-order valence-electron chi connectivity index (χ0n) is 15.8. The Kier molecular flexibility index (Phi) is 7.60. The maximum Gasteiger partial charge on any atom is 0.317 e. The van der Waals surface area contributed by atoms with Gasteiger partial charge in [-0.1, -0.05) is 0 Å². The van der Waals surface area contributed by atoms with E-state index in [4.69, 9.17) is 28.4 Å². The Balaban J connectivity index is 2.37. The molecule has 0 saturated carbocycles. The fourth-order valence-electron chi connectivity index (χ4n) is 3.06. The van der Waals surface area contributed by atoms with Crippen molar-refractivity contribution in [3.8, 4) is 5.75 Å². The topological polar surface area (TPSA) is 142 Å². The summed E-state index contributed by atoms with van der Waals surface area (Å²) in [5.74, 6) is -0.204. The lowest BCUT2D eigenvalue weighted by molar-refractivity contribution is -0.395. The molecule has 156 valence electrons. The van der Waals surface area contributed by atoms with Crippen molar-refractivity contribution >= 4 is 11.4 Å². The van der Waals surface area contributed by atoms with Crippen LogP contribution in [0.25, 0.3) is 0 Å². The maximum atomic E-state index is 11.3. The molecule has 12 nitrogen and oxygen atoms in total.